The molecule has 24 heavy (non-hydrogen) atoms. The summed E-state index contributed by atoms with van der Waals surface area (Å²) in [5.74, 6) is 1.54. The summed E-state index contributed by atoms with van der Waals surface area (Å²) >= 11 is 3.61. The van der Waals surface area contributed by atoms with Gasteiger partial charge in [-0.05, 0) is 59.6 Å². The van der Waals surface area contributed by atoms with Crippen LogP contribution in [0.5, 0.6) is 11.5 Å². The van der Waals surface area contributed by atoms with E-state index >= 15 is 0 Å². The largest absolute Gasteiger partial charge is 0.490 e. The third-order valence-corrected chi connectivity index (χ3v) is 4.04. The number of halogens is 2. The number of rotatable bonds is 8. The normalized spacial score (nSPS) is 10.2. The number of ether oxygens (including phenoxy) is 2. The van der Waals surface area contributed by atoms with Crippen LogP contribution in [0.25, 0.3) is 0 Å². The van der Waals surface area contributed by atoms with Crippen molar-refractivity contribution in [3.05, 3.63) is 57.6 Å². The van der Waals surface area contributed by atoms with E-state index in [1.807, 2.05) is 13.0 Å². The van der Waals surface area contributed by atoms with Crippen LogP contribution < -0.4 is 14.8 Å². The number of hydrogen-bond acceptors (Lipinski definition) is 3. The zero-order valence-corrected chi connectivity index (χ0v) is 16.8. The molecule has 0 bridgehead atoms. The number of benzene rings is 2. The monoisotopic (exact) mass is 413 g/mol. The lowest BCUT2D eigenvalue weighted by molar-refractivity contribution is 0.267. The van der Waals surface area contributed by atoms with E-state index in [4.69, 9.17) is 9.47 Å². The summed E-state index contributed by atoms with van der Waals surface area (Å²) in [4.78, 5) is 0. The molecule has 0 saturated carbocycles. The smallest absolute Gasteiger partial charge is 0.175 e. The maximum Gasteiger partial charge on any atom is 0.175 e. The standard InChI is InChI=1S/C19H24BrNO2.ClH/c1-4-21-12-16-10-17(20)19(18(11-16)22-5-2)23-13-15-8-6-14(3)7-9-15;/h6-11,21H,4-5,12-13H2,1-3H3;1H. The second kappa shape index (κ2) is 10.6. The summed E-state index contributed by atoms with van der Waals surface area (Å²) in [6.45, 7) is 9.04. The first kappa shape index (κ1) is 20.8. The Morgan fingerprint density at radius 1 is 1.00 bits per heavy atom. The Morgan fingerprint density at radius 2 is 1.71 bits per heavy atom. The molecule has 0 aliphatic heterocycles. The molecule has 0 aromatic heterocycles. The predicted molar refractivity (Wildman–Crippen MR) is 105 cm³/mol. The predicted octanol–water partition coefficient (Wildman–Crippen LogP) is 5.27. The van der Waals surface area contributed by atoms with Crippen LogP contribution in [0.15, 0.2) is 40.9 Å². The van der Waals surface area contributed by atoms with Crippen molar-refractivity contribution in [2.75, 3.05) is 13.2 Å². The zero-order chi connectivity index (χ0) is 16.7. The van der Waals surface area contributed by atoms with Gasteiger partial charge in [0.1, 0.15) is 6.61 Å². The van der Waals surface area contributed by atoms with Crippen molar-refractivity contribution in [2.24, 2.45) is 0 Å². The topological polar surface area (TPSA) is 30.5 Å². The molecule has 0 heterocycles. The fourth-order valence-corrected chi connectivity index (χ4v) is 2.84. The maximum absolute atomic E-state index is 6.01. The van der Waals surface area contributed by atoms with Crippen molar-refractivity contribution >= 4 is 28.3 Å². The SMILES string of the molecule is CCNCc1cc(Br)c(OCc2ccc(C)cc2)c(OCC)c1.Cl. The lowest BCUT2D eigenvalue weighted by Crippen LogP contribution is -2.12. The molecule has 0 fully saturated rings. The Kier molecular flexibility index (Phi) is 9.19. The van der Waals surface area contributed by atoms with Gasteiger partial charge in [-0.15, -0.1) is 12.4 Å². The van der Waals surface area contributed by atoms with E-state index in [9.17, 15) is 0 Å². The van der Waals surface area contributed by atoms with Gasteiger partial charge in [-0.3, -0.25) is 0 Å². The van der Waals surface area contributed by atoms with Gasteiger partial charge in [0, 0.05) is 6.54 Å². The Morgan fingerprint density at radius 3 is 2.33 bits per heavy atom. The minimum Gasteiger partial charge on any atom is -0.490 e. The first-order valence-corrected chi connectivity index (χ1v) is 8.77. The second-order valence-corrected chi connectivity index (χ2v) is 6.25. The van der Waals surface area contributed by atoms with Gasteiger partial charge in [-0.1, -0.05) is 36.8 Å². The van der Waals surface area contributed by atoms with E-state index in [1.165, 1.54) is 11.1 Å². The van der Waals surface area contributed by atoms with Crippen LogP contribution in [0.3, 0.4) is 0 Å². The van der Waals surface area contributed by atoms with Gasteiger partial charge in [-0.25, -0.2) is 0 Å². The average Bonchev–Trinajstić information content (AvgIpc) is 2.54. The summed E-state index contributed by atoms with van der Waals surface area (Å²) < 4.78 is 12.7. The van der Waals surface area contributed by atoms with E-state index in [-0.39, 0.29) is 12.4 Å². The van der Waals surface area contributed by atoms with Crippen LogP contribution in [0, 0.1) is 6.92 Å². The molecule has 0 amide bonds. The maximum atomic E-state index is 6.01. The Labute approximate surface area is 159 Å². The highest BCUT2D eigenvalue weighted by atomic mass is 79.9. The summed E-state index contributed by atoms with van der Waals surface area (Å²) in [5, 5.41) is 3.33. The molecular weight excluding hydrogens is 390 g/mol. The first-order valence-electron chi connectivity index (χ1n) is 7.98. The third-order valence-electron chi connectivity index (χ3n) is 3.45. The lowest BCUT2D eigenvalue weighted by Gasteiger charge is -2.16. The molecule has 0 spiro atoms. The molecule has 2 aromatic carbocycles. The van der Waals surface area contributed by atoms with E-state index in [1.54, 1.807) is 0 Å². The van der Waals surface area contributed by atoms with Crippen LogP contribution in [-0.4, -0.2) is 13.2 Å². The molecule has 0 atom stereocenters. The minimum absolute atomic E-state index is 0. The second-order valence-electron chi connectivity index (χ2n) is 5.39. The summed E-state index contributed by atoms with van der Waals surface area (Å²) in [5.41, 5.74) is 3.56. The zero-order valence-electron chi connectivity index (χ0n) is 14.4. The molecule has 132 valence electrons. The van der Waals surface area contributed by atoms with Crippen LogP contribution >= 0.6 is 28.3 Å². The van der Waals surface area contributed by atoms with Crippen LogP contribution in [0.1, 0.15) is 30.5 Å². The Hall–Kier alpha value is -1.23. The van der Waals surface area contributed by atoms with Crippen molar-refractivity contribution in [3.8, 4) is 11.5 Å². The number of aryl methyl sites for hydroxylation is 1. The summed E-state index contributed by atoms with van der Waals surface area (Å²) in [6.07, 6.45) is 0. The Balaban J connectivity index is 0.00000288. The molecule has 0 aliphatic carbocycles. The lowest BCUT2D eigenvalue weighted by atomic mass is 10.1. The highest BCUT2D eigenvalue weighted by molar-refractivity contribution is 9.10. The number of hydrogen-bond donors (Lipinski definition) is 1. The molecular formula is C19H25BrClNO2. The van der Waals surface area contributed by atoms with Gasteiger partial charge in [-0.2, -0.15) is 0 Å². The van der Waals surface area contributed by atoms with Crippen LogP contribution in [0.2, 0.25) is 0 Å². The fourth-order valence-electron chi connectivity index (χ4n) is 2.24. The van der Waals surface area contributed by atoms with Crippen molar-refractivity contribution in [3.63, 3.8) is 0 Å². The molecule has 2 rings (SSSR count). The molecule has 5 heteroatoms. The van der Waals surface area contributed by atoms with Crippen LogP contribution in [0.4, 0.5) is 0 Å². The van der Waals surface area contributed by atoms with Crippen molar-refractivity contribution in [1.82, 2.24) is 5.32 Å². The van der Waals surface area contributed by atoms with E-state index in [0.717, 1.165) is 34.6 Å². The van der Waals surface area contributed by atoms with Gasteiger partial charge in [0.25, 0.3) is 0 Å². The van der Waals surface area contributed by atoms with Crippen molar-refractivity contribution in [1.29, 1.82) is 0 Å². The molecule has 1 N–H and O–H groups in total. The van der Waals surface area contributed by atoms with E-state index in [0.29, 0.717) is 13.2 Å². The molecule has 0 unspecified atom stereocenters. The summed E-state index contributed by atoms with van der Waals surface area (Å²) in [7, 11) is 0. The first-order chi connectivity index (χ1) is 11.1. The number of nitrogens with one attached hydrogen (secondary N) is 1. The van der Waals surface area contributed by atoms with Gasteiger partial charge >= 0.3 is 0 Å². The van der Waals surface area contributed by atoms with Crippen LogP contribution in [-0.2, 0) is 13.2 Å². The van der Waals surface area contributed by atoms with E-state index < -0.39 is 0 Å². The van der Waals surface area contributed by atoms with E-state index in [2.05, 4.69) is 65.4 Å². The third kappa shape index (κ3) is 6.00. The van der Waals surface area contributed by atoms with Crippen molar-refractivity contribution in [2.45, 2.75) is 33.9 Å². The van der Waals surface area contributed by atoms with Gasteiger partial charge in [0.05, 0.1) is 11.1 Å². The van der Waals surface area contributed by atoms with Gasteiger partial charge in [0.15, 0.2) is 11.5 Å². The Bertz CT molecular complexity index is 632. The molecule has 3 nitrogen and oxygen atoms in total. The molecule has 2 aromatic rings. The minimum atomic E-state index is 0. The fraction of sp³-hybridized carbons (Fsp3) is 0.368. The average molecular weight is 415 g/mol. The molecule has 0 saturated heterocycles. The summed E-state index contributed by atoms with van der Waals surface area (Å²) in [6, 6.07) is 12.5. The quantitative estimate of drug-likeness (QED) is 0.638. The highest BCUT2D eigenvalue weighted by Crippen LogP contribution is 2.37. The molecule has 0 radical (unpaired) electrons. The van der Waals surface area contributed by atoms with Gasteiger partial charge in [0.2, 0.25) is 0 Å². The van der Waals surface area contributed by atoms with Crippen molar-refractivity contribution < 1.29 is 9.47 Å². The van der Waals surface area contributed by atoms with Gasteiger partial charge < -0.3 is 14.8 Å². The highest BCUT2D eigenvalue weighted by Gasteiger charge is 2.12. The molecule has 0 aliphatic rings.